The van der Waals surface area contributed by atoms with E-state index in [0.717, 1.165) is 13.1 Å². The van der Waals surface area contributed by atoms with Gasteiger partial charge in [0.1, 0.15) is 5.54 Å². The Labute approximate surface area is 85.4 Å². The second kappa shape index (κ2) is 3.87. The van der Waals surface area contributed by atoms with Gasteiger partial charge in [0.2, 0.25) is 0 Å². The molecule has 0 aromatic heterocycles. The monoisotopic (exact) mass is 216 g/mol. The third-order valence-corrected chi connectivity index (χ3v) is 4.61. The molecule has 0 aliphatic carbocycles. The van der Waals surface area contributed by atoms with E-state index in [1.807, 2.05) is 18.7 Å². The molecule has 0 amide bonds. The molecule has 0 aromatic carbocycles. The predicted octanol–water partition coefficient (Wildman–Crippen LogP) is 0.409. The van der Waals surface area contributed by atoms with E-state index < -0.39 is 15.4 Å². The standard InChI is InChI=1S/C9H16N2O2S/c1-3-11(4-2)9(7-10)5-6-14(12,13)8-9/h3-6,8H2,1-2H3. The van der Waals surface area contributed by atoms with Gasteiger partial charge in [-0.1, -0.05) is 13.8 Å². The second-order valence-corrected chi connectivity index (χ2v) is 5.84. The fourth-order valence-electron chi connectivity index (χ4n) is 2.07. The molecule has 0 N–H and O–H groups in total. The third kappa shape index (κ3) is 1.91. The summed E-state index contributed by atoms with van der Waals surface area (Å²) in [5.41, 5.74) is -0.762. The molecule has 1 unspecified atom stereocenters. The van der Waals surface area contributed by atoms with Gasteiger partial charge in [-0.05, 0) is 19.5 Å². The summed E-state index contributed by atoms with van der Waals surface area (Å²) in [6.07, 6.45) is 0.452. The van der Waals surface area contributed by atoms with Crippen molar-refractivity contribution in [1.82, 2.24) is 4.90 Å². The Morgan fingerprint density at radius 1 is 1.43 bits per heavy atom. The highest BCUT2D eigenvalue weighted by molar-refractivity contribution is 7.91. The quantitative estimate of drug-likeness (QED) is 0.685. The van der Waals surface area contributed by atoms with Crippen LogP contribution in [0.15, 0.2) is 0 Å². The lowest BCUT2D eigenvalue weighted by Gasteiger charge is -2.32. The van der Waals surface area contributed by atoms with Gasteiger partial charge in [0, 0.05) is 0 Å². The summed E-state index contributed by atoms with van der Waals surface area (Å²) < 4.78 is 22.7. The van der Waals surface area contributed by atoms with Gasteiger partial charge in [-0.15, -0.1) is 0 Å². The van der Waals surface area contributed by atoms with Crippen LogP contribution in [0.1, 0.15) is 20.3 Å². The summed E-state index contributed by atoms with van der Waals surface area (Å²) in [5.74, 6) is 0.148. The largest absolute Gasteiger partial charge is 0.285 e. The number of sulfone groups is 1. The Bertz CT molecular complexity index is 340. The van der Waals surface area contributed by atoms with Crippen molar-refractivity contribution in [3.8, 4) is 6.07 Å². The fourth-order valence-corrected chi connectivity index (χ4v) is 3.98. The molecule has 1 aliphatic rings. The minimum absolute atomic E-state index is 0.00181. The van der Waals surface area contributed by atoms with E-state index in [-0.39, 0.29) is 11.5 Å². The maximum atomic E-state index is 11.4. The lowest BCUT2D eigenvalue weighted by atomic mass is 9.98. The number of rotatable bonds is 3. The minimum atomic E-state index is -3.00. The molecule has 80 valence electrons. The normalized spacial score (nSPS) is 30.4. The summed E-state index contributed by atoms with van der Waals surface area (Å²) in [4.78, 5) is 1.94. The van der Waals surface area contributed by atoms with Gasteiger partial charge >= 0.3 is 0 Å². The maximum Gasteiger partial charge on any atom is 0.153 e. The lowest BCUT2D eigenvalue weighted by Crippen LogP contribution is -2.48. The smallest absolute Gasteiger partial charge is 0.153 e. The molecule has 0 radical (unpaired) electrons. The van der Waals surface area contributed by atoms with Gasteiger partial charge in [-0.25, -0.2) is 8.42 Å². The summed E-state index contributed by atoms with van der Waals surface area (Å²) in [6, 6.07) is 2.18. The second-order valence-electron chi connectivity index (χ2n) is 3.66. The van der Waals surface area contributed by atoms with Crippen LogP contribution in [0.25, 0.3) is 0 Å². The van der Waals surface area contributed by atoms with Crippen LogP contribution in [0.5, 0.6) is 0 Å². The van der Waals surface area contributed by atoms with Crippen LogP contribution in [0.2, 0.25) is 0 Å². The first kappa shape index (κ1) is 11.5. The van der Waals surface area contributed by atoms with E-state index in [1.165, 1.54) is 0 Å². The number of nitrogens with zero attached hydrogens (tertiary/aromatic N) is 2. The summed E-state index contributed by atoms with van der Waals surface area (Å²) >= 11 is 0. The topological polar surface area (TPSA) is 61.2 Å². The van der Waals surface area contributed by atoms with Crippen molar-refractivity contribution >= 4 is 9.84 Å². The molecular formula is C9H16N2O2S. The van der Waals surface area contributed by atoms with Gasteiger partial charge in [0.25, 0.3) is 0 Å². The van der Waals surface area contributed by atoms with E-state index in [0.29, 0.717) is 6.42 Å². The highest BCUT2D eigenvalue weighted by atomic mass is 32.2. The van der Waals surface area contributed by atoms with Crippen molar-refractivity contribution in [1.29, 1.82) is 5.26 Å². The van der Waals surface area contributed by atoms with E-state index in [9.17, 15) is 8.42 Å². The average Bonchev–Trinajstić information content (AvgIpc) is 2.45. The van der Waals surface area contributed by atoms with Crippen LogP contribution in [-0.4, -0.2) is 43.5 Å². The number of nitriles is 1. The lowest BCUT2D eigenvalue weighted by molar-refractivity contribution is 0.175. The highest BCUT2D eigenvalue weighted by Gasteiger charge is 2.45. The molecule has 1 fully saturated rings. The molecule has 1 atom stereocenters. The number of hydrogen-bond donors (Lipinski definition) is 0. The maximum absolute atomic E-state index is 11.4. The zero-order valence-electron chi connectivity index (χ0n) is 8.65. The van der Waals surface area contributed by atoms with Crippen LogP contribution in [0.4, 0.5) is 0 Å². The predicted molar refractivity (Wildman–Crippen MR) is 54.5 cm³/mol. The average molecular weight is 216 g/mol. The summed E-state index contributed by atoms with van der Waals surface area (Å²) in [7, 11) is -3.00. The molecule has 0 spiro atoms. The van der Waals surface area contributed by atoms with Crippen molar-refractivity contribution in [2.24, 2.45) is 0 Å². The van der Waals surface area contributed by atoms with E-state index in [2.05, 4.69) is 6.07 Å². The molecule has 0 bridgehead atoms. The van der Waals surface area contributed by atoms with E-state index >= 15 is 0 Å². The SMILES string of the molecule is CCN(CC)C1(C#N)CCS(=O)(=O)C1. The molecule has 1 rings (SSSR count). The zero-order chi connectivity index (χ0) is 10.8. The first-order valence-corrected chi connectivity index (χ1v) is 6.68. The van der Waals surface area contributed by atoms with Crippen molar-refractivity contribution < 1.29 is 8.42 Å². The molecule has 4 nitrogen and oxygen atoms in total. The molecule has 1 heterocycles. The van der Waals surface area contributed by atoms with Gasteiger partial charge in [-0.2, -0.15) is 5.26 Å². The van der Waals surface area contributed by atoms with Crippen molar-refractivity contribution in [2.45, 2.75) is 25.8 Å². The van der Waals surface area contributed by atoms with Gasteiger partial charge in [-0.3, -0.25) is 4.90 Å². The Kier molecular flexibility index (Phi) is 3.17. The van der Waals surface area contributed by atoms with E-state index in [1.54, 1.807) is 0 Å². The van der Waals surface area contributed by atoms with Crippen LogP contribution in [-0.2, 0) is 9.84 Å². The summed E-state index contributed by atoms with van der Waals surface area (Å²) in [5, 5.41) is 9.13. The van der Waals surface area contributed by atoms with Crippen molar-refractivity contribution in [3.05, 3.63) is 0 Å². The fraction of sp³-hybridized carbons (Fsp3) is 0.889. The van der Waals surface area contributed by atoms with Crippen LogP contribution < -0.4 is 0 Å². The van der Waals surface area contributed by atoms with Crippen LogP contribution in [0, 0.1) is 11.3 Å². The molecule has 5 heteroatoms. The Morgan fingerprint density at radius 3 is 2.29 bits per heavy atom. The van der Waals surface area contributed by atoms with E-state index in [4.69, 9.17) is 5.26 Å². The number of hydrogen-bond acceptors (Lipinski definition) is 4. The van der Waals surface area contributed by atoms with Crippen molar-refractivity contribution in [3.63, 3.8) is 0 Å². The highest BCUT2D eigenvalue weighted by Crippen LogP contribution is 2.28. The molecule has 1 saturated heterocycles. The molecule has 0 saturated carbocycles. The molecule has 14 heavy (non-hydrogen) atoms. The Morgan fingerprint density at radius 2 is 2.00 bits per heavy atom. The minimum Gasteiger partial charge on any atom is -0.285 e. The zero-order valence-corrected chi connectivity index (χ0v) is 9.47. The Hall–Kier alpha value is -0.600. The first-order chi connectivity index (χ1) is 6.49. The molecular weight excluding hydrogens is 200 g/mol. The first-order valence-electron chi connectivity index (χ1n) is 4.86. The third-order valence-electron chi connectivity index (χ3n) is 2.86. The van der Waals surface area contributed by atoms with Crippen LogP contribution in [0.3, 0.4) is 0 Å². The Balaban J connectivity index is 2.96. The molecule has 1 aliphatic heterocycles. The summed E-state index contributed by atoms with van der Waals surface area (Å²) in [6.45, 7) is 5.35. The van der Waals surface area contributed by atoms with Gasteiger partial charge < -0.3 is 0 Å². The van der Waals surface area contributed by atoms with Crippen molar-refractivity contribution in [2.75, 3.05) is 24.6 Å². The van der Waals surface area contributed by atoms with Gasteiger partial charge in [0.15, 0.2) is 9.84 Å². The molecule has 0 aromatic rings. The van der Waals surface area contributed by atoms with Crippen LogP contribution >= 0.6 is 0 Å². The van der Waals surface area contributed by atoms with Gasteiger partial charge in [0.05, 0.1) is 17.6 Å².